The number of nitrogens with zero attached hydrogens (tertiary/aromatic N) is 2. The van der Waals surface area contributed by atoms with Crippen molar-refractivity contribution in [2.75, 3.05) is 0 Å². The van der Waals surface area contributed by atoms with Crippen LogP contribution in [0.4, 0.5) is 0 Å². The van der Waals surface area contributed by atoms with Crippen molar-refractivity contribution in [2.45, 2.75) is 30.5 Å². The number of para-hydroxylation sites is 1. The van der Waals surface area contributed by atoms with Crippen molar-refractivity contribution < 1.29 is 9.90 Å². The molecule has 0 spiro atoms. The Morgan fingerprint density at radius 2 is 1.62 bits per heavy atom. The third kappa shape index (κ3) is 4.84. The Morgan fingerprint density at radius 1 is 0.971 bits per heavy atom. The van der Waals surface area contributed by atoms with E-state index in [1.54, 1.807) is 34.4 Å². The molecule has 0 amide bonds. The Hall–Kier alpha value is -1.69. The molecule has 1 aliphatic rings. The largest absolute Gasteiger partial charge is 0.480 e. The lowest BCUT2D eigenvalue weighted by molar-refractivity contribution is -0.142. The molecule has 4 aromatic rings. The van der Waals surface area contributed by atoms with Crippen LogP contribution in [-0.4, -0.2) is 35.2 Å². The van der Waals surface area contributed by atoms with Gasteiger partial charge in [-0.25, -0.2) is 4.79 Å². The maximum atomic E-state index is 12.3. The molecule has 0 bridgehead atoms. The van der Waals surface area contributed by atoms with Crippen molar-refractivity contribution >= 4 is 96.1 Å². The number of hydrogen-bond acceptors (Lipinski definition) is 7. The molecule has 1 N–H and O–H groups in total. The van der Waals surface area contributed by atoms with Gasteiger partial charge in [0.05, 0.1) is 12.1 Å². The number of carboxylic acids is 1. The Morgan fingerprint density at radius 3 is 2.24 bits per heavy atom. The molecule has 1 aromatic carbocycles. The molecule has 10 heteroatoms. The van der Waals surface area contributed by atoms with Gasteiger partial charge < -0.3 is 10.0 Å². The summed E-state index contributed by atoms with van der Waals surface area (Å²) in [5.74, 6) is 0.703. The van der Waals surface area contributed by atoms with Crippen LogP contribution < -0.4 is 0 Å². The zero-order valence-electron chi connectivity index (χ0n) is 17.9. The smallest absolute Gasteiger partial charge is 0.326 e. The molecular formula is C24H20N2O2S6. The number of carbonyl (C=O) groups is 1. The first-order chi connectivity index (χ1) is 16.5. The van der Waals surface area contributed by atoms with Crippen LogP contribution in [0.25, 0.3) is 10.9 Å². The number of carboxylic acid groups (broad SMARTS) is 1. The number of aliphatic carboxylic acids is 1. The minimum atomic E-state index is -0.851. The fourth-order valence-electron chi connectivity index (χ4n) is 4.15. The number of hydrogen-bond donors (Lipinski definition) is 1. The summed E-state index contributed by atoms with van der Waals surface area (Å²) in [6.07, 6.45) is 0.399. The van der Waals surface area contributed by atoms with Crippen molar-refractivity contribution in [2.24, 2.45) is 0 Å². The van der Waals surface area contributed by atoms with Crippen LogP contribution in [0.3, 0.4) is 0 Å². The first kappa shape index (κ1) is 24.0. The molecule has 1 atom stereocenters. The fourth-order valence-corrected chi connectivity index (χ4v) is 8.20. The monoisotopic (exact) mass is 560 g/mol. The number of rotatable bonds is 5. The minimum Gasteiger partial charge on any atom is -0.480 e. The number of thioether (sulfide) groups is 2. The first-order valence-corrected chi connectivity index (χ1v) is 15.1. The molecular weight excluding hydrogens is 541 g/mol. The highest BCUT2D eigenvalue weighted by atomic mass is 32.2. The van der Waals surface area contributed by atoms with E-state index < -0.39 is 12.0 Å². The third-order valence-corrected chi connectivity index (χ3v) is 10.8. The molecule has 5 rings (SSSR count). The van der Waals surface area contributed by atoms with E-state index in [0.29, 0.717) is 17.3 Å². The molecule has 1 aliphatic heterocycles. The van der Waals surface area contributed by atoms with E-state index in [4.69, 9.17) is 24.4 Å². The summed E-state index contributed by atoms with van der Waals surface area (Å²) in [6, 6.07) is 15.7. The molecule has 0 saturated carbocycles. The SMILES string of the molecule is O=C(O)[C@H]1Cc2c(n(C(=S)SCc3cccs3)c3ccccc23)CN1C(=S)SCc1cccs1. The average Bonchev–Trinajstić information content (AvgIpc) is 3.60. The van der Waals surface area contributed by atoms with Crippen LogP contribution in [0.1, 0.15) is 21.0 Å². The van der Waals surface area contributed by atoms with Gasteiger partial charge in [0.15, 0.2) is 0 Å². The maximum absolute atomic E-state index is 12.3. The lowest BCUT2D eigenvalue weighted by atomic mass is 9.97. The molecule has 0 radical (unpaired) electrons. The van der Waals surface area contributed by atoms with Gasteiger partial charge in [-0.3, -0.25) is 4.57 Å². The van der Waals surface area contributed by atoms with Crippen molar-refractivity contribution in [1.82, 2.24) is 9.47 Å². The Labute approximate surface area is 225 Å². The highest BCUT2D eigenvalue weighted by molar-refractivity contribution is 8.22. The number of aromatic nitrogens is 1. The molecule has 34 heavy (non-hydrogen) atoms. The summed E-state index contributed by atoms with van der Waals surface area (Å²) in [5.41, 5.74) is 3.13. The van der Waals surface area contributed by atoms with Crippen LogP contribution in [0, 0.1) is 0 Å². The van der Waals surface area contributed by atoms with Gasteiger partial charge in [-0.2, -0.15) is 0 Å². The lowest BCUT2D eigenvalue weighted by Gasteiger charge is -2.35. The molecule has 3 aromatic heterocycles. The predicted octanol–water partition coefficient (Wildman–Crippen LogP) is 6.86. The van der Waals surface area contributed by atoms with Crippen molar-refractivity contribution in [3.63, 3.8) is 0 Å². The highest BCUT2D eigenvalue weighted by Crippen LogP contribution is 2.36. The number of thiophene rings is 2. The van der Waals surface area contributed by atoms with Gasteiger partial charge in [0.1, 0.15) is 14.7 Å². The van der Waals surface area contributed by atoms with Crippen molar-refractivity contribution in [3.05, 3.63) is 80.3 Å². The topological polar surface area (TPSA) is 45.5 Å². The normalized spacial score (nSPS) is 15.4. The molecule has 0 aliphatic carbocycles. The second-order valence-electron chi connectivity index (χ2n) is 7.73. The Bertz CT molecular complexity index is 1340. The van der Waals surface area contributed by atoms with Gasteiger partial charge in [-0.15, -0.1) is 22.7 Å². The van der Waals surface area contributed by atoms with E-state index in [2.05, 4.69) is 40.3 Å². The van der Waals surface area contributed by atoms with E-state index in [1.165, 1.54) is 21.5 Å². The molecule has 0 unspecified atom stereocenters. The van der Waals surface area contributed by atoms with E-state index >= 15 is 0 Å². The molecule has 4 nitrogen and oxygen atoms in total. The van der Waals surface area contributed by atoms with Gasteiger partial charge in [0.25, 0.3) is 0 Å². The average molecular weight is 561 g/mol. The summed E-state index contributed by atoms with van der Waals surface area (Å²) in [5, 5.41) is 15.3. The minimum absolute atomic E-state index is 0.399. The lowest BCUT2D eigenvalue weighted by Crippen LogP contribution is -2.47. The fraction of sp³-hybridized carbons (Fsp3) is 0.208. The molecule has 0 saturated heterocycles. The standard InChI is InChI=1S/C24H20N2O2S6/c27-22(28)20-11-18-17-7-1-2-8-19(17)26(24(30)34-14-16-6-4-10-32-16)21(18)12-25(20)23(29)33-13-15-5-3-9-31-15/h1-10,20H,11-14H2,(H,27,28)/t20-/m1/s1. The number of benzene rings is 1. The summed E-state index contributed by atoms with van der Waals surface area (Å²) < 4.78 is 3.52. The van der Waals surface area contributed by atoms with E-state index in [0.717, 1.165) is 38.0 Å². The predicted molar refractivity (Wildman–Crippen MR) is 154 cm³/mol. The summed E-state index contributed by atoms with van der Waals surface area (Å²) in [4.78, 5) is 16.6. The molecule has 174 valence electrons. The second-order valence-corrected chi connectivity index (χ2v) is 13.0. The van der Waals surface area contributed by atoms with Crippen LogP contribution in [-0.2, 0) is 29.3 Å². The van der Waals surface area contributed by atoms with Gasteiger partial charge in [-0.1, -0.05) is 78.3 Å². The van der Waals surface area contributed by atoms with Crippen LogP contribution >= 0.6 is 70.6 Å². The zero-order valence-corrected chi connectivity index (χ0v) is 22.8. The van der Waals surface area contributed by atoms with E-state index in [-0.39, 0.29) is 0 Å². The Kier molecular flexibility index (Phi) is 7.43. The van der Waals surface area contributed by atoms with Crippen molar-refractivity contribution in [1.29, 1.82) is 0 Å². The van der Waals surface area contributed by atoms with E-state index in [9.17, 15) is 9.90 Å². The van der Waals surface area contributed by atoms with Gasteiger partial charge >= 0.3 is 5.97 Å². The number of thiocarbonyl (C=S) groups is 2. The summed E-state index contributed by atoms with van der Waals surface area (Å²) in [6.45, 7) is 0.428. The molecule has 4 heterocycles. The Balaban J connectivity index is 1.48. The third-order valence-electron chi connectivity index (χ3n) is 5.72. The zero-order chi connectivity index (χ0) is 23.7. The molecule has 0 fully saturated rings. The first-order valence-electron chi connectivity index (χ1n) is 10.5. The van der Waals surface area contributed by atoms with Gasteiger partial charge in [0, 0.05) is 38.8 Å². The number of fused-ring (bicyclic) bond motifs is 3. The van der Waals surface area contributed by atoms with Gasteiger partial charge in [0.2, 0.25) is 0 Å². The van der Waals surface area contributed by atoms with Crippen LogP contribution in [0.15, 0.2) is 59.3 Å². The maximum Gasteiger partial charge on any atom is 0.326 e. The highest BCUT2D eigenvalue weighted by Gasteiger charge is 2.37. The van der Waals surface area contributed by atoms with Crippen LogP contribution in [0.2, 0.25) is 0 Å². The van der Waals surface area contributed by atoms with Gasteiger partial charge in [-0.05, 0) is 34.5 Å². The summed E-state index contributed by atoms with van der Waals surface area (Å²) in [7, 11) is 0. The summed E-state index contributed by atoms with van der Waals surface area (Å²) >= 11 is 18.2. The van der Waals surface area contributed by atoms with Crippen LogP contribution in [0.5, 0.6) is 0 Å². The van der Waals surface area contributed by atoms with Crippen molar-refractivity contribution in [3.8, 4) is 0 Å². The van der Waals surface area contributed by atoms with E-state index in [1.807, 2.05) is 28.5 Å². The quantitative estimate of drug-likeness (QED) is 0.268. The second kappa shape index (κ2) is 10.5.